The quantitative estimate of drug-likeness (QED) is 0.233. The molecule has 0 spiro atoms. The fraction of sp³-hybridized carbons (Fsp3) is 0. The molecule has 0 heterocycles. The van der Waals surface area contributed by atoms with E-state index in [0.29, 0.717) is 0 Å². The van der Waals surface area contributed by atoms with Gasteiger partial charge in [-0.05, 0) is 0 Å². The van der Waals surface area contributed by atoms with Crippen molar-refractivity contribution in [3.63, 3.8) is 0 Å². The third-order valence-corrected chi connectivity index (χ3v) is 0. The number of hydrogen-bond donors (Lipinski definition) is 6. The van der Waals surface area contributed by atoms with E-state index in [2.05, 4.69) is 0 Å². The second-order valence-electron chi connectivity index (χ2n) is 0.600. The van der Waals surface area contributed by atoms with Crippen LogP contribution in [0.25, 0.3) is 0 Å². The van der Waals surface area contributed by atoms with Gasteiger partial charge in [0, 0.05) is 17.1 Å². The number of rotatable bonds is 0. The van der Waals surface area contributed by atoms with E-state index in [0.717, 1.165) is 37.5 Å². The van der Waals surface area contributed by atoms with Crippen LogP contribution in [-0.2, 0) is 17.1 Å². The molecular weight excluding hydrogens is 308 g/mol. The molecule has 0 amide bonds. The first-order chi connectivity index (χ1) is 8.49. The fourth-order valence-electron chi connectivity index (χ4n) is 0. The molecule has 0 fully saturated rings. The molecule has 0 aromatic rings. The zero-order valence-corrected chi connectivity index (χ0v) is 9.82. The molecule has 12 nitrogen and oxygen atoms in total. The van der Waals surface area contributed by atoms with Crippen molar-refractivity contribution in [1.29, 1.82) is 31.6 Å². The molecule has 0 aliphatic carbocycles. The SMILES string of the molecule is N#CO.N#CO.N#CO.N#CO.N#CO.N#CO.[Fe]. The molecule has 0 aliphatic heterocycles. The van der Waals surface area contributed by atoms with Gasteiger partial charge in [0.2, 0.25) is 0 Å². The van der Waals surface area contributed by atoms with Crippen molar-refractivity contribution >= 4 is 0 Å². The monoisotopic (exact) mass is 314 g/mol. The van der Waals surface area contributed by atoms with Gasteiger partial charge in [0.25, 0.3) is 37.5 Å². The molecular formula is C6H6FeN6O6. The average molecular weight is 314 g/mol. The maximum Gasteiger partial charge on any atom is 0.283 e. The van der Waals surface area contributed by atoms with E-state index in [4.69, 9.17) is 62.2 Å². The van der Waals surface area contributed by atoms with Gasteiger partial charge >= 0.3 is 0 Å². The summed E-state index contributed by atoms with van der Waals surface area (Å²) in [5.74, 6) is 0. The molecule has 0 radical (unpaired) electrons. The van der Waals surface area contributed by atoms with Gasteiger partial charge in [-0.3, -0.25) is 0 Å². The van der Waals surface area contributed by atoms with Crippen molar-refractivity contribution in [2.45, 2.75) is 0 Å². The van der Waals surface area contributed by atoms with Crippen LogP contribution in [0, 0.1) is 69.1 Å². The summed E-state index contributed by atoms with van der Waals surface area (Å²) in [6.45, 7) is 0. The second-order valence-corrected chi connectivity index (χ2v) is 0.600. The number of nitriles is 6. The molecule has 104 valence electrons. The van der Waals surface area contributed by atoms with Crippen LogP contribution in [0.15, 0.2) is 0 Å². The van der Waals surface area contributed by atoms with Crippen LogP contribution in [0.5, 0.6) is 0 Å². The zero-order chi connectivity index (χ0) is 16.2. The summed E-state index contributed by atoms with van der Waals surface area (Å²) in [5.41, 5.74) is 0. The Morgan fingerprint density at radius 1 is 0.368 bits per heavy atom. The Balaban J connectivity index is -0.0000000180. The summed E-state index contributed by atoms with van der Waals surface area (Å²) < 4.78 is 0. The molecule has 6 N–H and O–H groups in total. The minimum Gasteiger partial charge on any atom is -0.443 e. The first-order valence-electron chi connectivity index (χ1n) is 2.68. The molecule has 0 saturated carbocycles. The van der Waals surface area contributed by atoms with Crippen LogP contribution in [0.1, 0.15) is 0 Å². The van der Waals surface area contributed by atoms with Crippen molar-refractivity contribution in [2.24, 2.45) is 0 Å². The van der Waals surface area contributed by atoms with Crippen LogP contribution in [0.3, 0.4) is 0 Å². The van der Waals surface area contributed by atoms with Crippen molar-refractivity contribution in [3.05, 3.63) is 0 Å². The Bertz CT molecular complexity index is 256. The minimum atomic E-state index is 0. The van der Waals surface area contributed by atoms with Gasteiger partial charge in [0.15, 0.2) is 0 Å². The summed E-state index contributed by atoms with van der Waals surface area (Å²) in [5, 5.41) is 82.5. The van der Waals surface area contributed by atoms with Gasteiger partial charge in [-0.25, -0.2) is 0 Å². The van der Waals surface area contributed by atoms with Gasteiger partial charge in [-0.15, -0.1) is 0 Å². The van der Waals surface area contributed by atoms with Gasteiger partial charge in [0.05, 0.1) is 0 Å². The molecule has 0 aromatic heterocycles. The normalized spacial score (nSPS) is 2.21. The molecule has 13 heteroatoms. The fourth-order valence-corrected chi connectivity index (χ4v) is 0. The topological polar surface area (TPSA) is 264 Å². The maximum atomic E-state index is 6.88. The molecule has 0 bridgehead atoms. The molecule has 0 saturated heterocycles. The number of aliphatic hydroxyl groups is 6. The Hall–Kier alpha value is -3.74. The van der Waals surface area contributed by atoms with Gasteiger partial charge in [-0.1, -0.05) is 0 Å². The average Bonchev–Trinajstić information content (AvgIpc) is 2.23. The van der Waals surface area contributed by atoms with Crippen molar-refractivity contribution in [1.82, 2.24) is 0 Å². The number of nitrogens with zero attached hydrogens (tertiary/aromatic N) is 6. The Labute approximate surface area is 117 Å². The number of aliphatic hydroxyl groups excluding tert-OH is 6. The molecule has 19 heavy (non-hydrogen) atoms. The van der Waals surface area contributed by atoms with Crippen molar-refractivity contribution < 1.29 is 47.7 Å². The second kappa shape index (κ2) is 491. The van der Waals surface area contributed by atoms with Crippen molar-refractivity contribution in [3.8, 4) is 37.5 Å². The van der Waals surface area contributed by atoms with E-state index in [1.807, 2.05) is 0 Å². The van der Waals surface area contributed by atoms with E-state index in [9.17, 15) is 0 Å². The Morgan fingerprint density at radius 2 is 0.368 bits per heavy atom. The number of hydrogen-bond acceptors (Lipinski definition) is 12. The molecule has 0 atom stereocenters. The standard InChI is InChI=1S/6CHNO.Fe/c6*2-1-3;/h6*3H;. The van der Waals surface area contributed by atoms with E-state index < -0.39 is 0 Å². The summed E-state index contributed by atoms with van der Waals surface area (Å²) in [6, 6.07) is 0. The molecule has 0 aromatic carbocycles. The van der Waals surface area contributed by atoms with Gasteiger partial charge in [-0.2, -0.15) is 31.6 Å². The van der Waals surface area contributed by atoms with E-state index in [1.165, 1.54) is 0 Å². The summed E-state index contributed by atoms with van der Waals surface area (Å²) in [6.07, 6.45) is 4.50. The maximum absolute atomic E-state index is 6.88. The minimum absolute atomic E-state index is 0. The first kappa shape index (κ1) is 45.5. The third kappa shape index (κ3) is 153. The van der Waals surface area contributed by atoms with Gasteiger partial charge in [0.1, 0.15) is 0 Å². The predicted molar refractivity (Wildman–Crippen MR) is 45.3 cm³/mol. The van der Waals surface area contributed by atoms with E-state index in [-0.39, 0.29) is 17.1 Å². The first-order valence-corrected chi connectivity index (χ1v) is 2.68. The largest absolute Gasteiger partial charge is 0.443 e. The van der Waals surface area contributed by atoms with Gasteiger partial charge < -0.3 is 30.6 Å². The smallest absolute Gasteiger partial charge is 0.283 e. The van der Waals surface area contributed by atoms with Crippen LogP contribution >= 0.6 is 0 Å². The Morgan fingerprint density at radius 3 is 0.368 bits per heavy atom. The summed E-state index contributed by atoms with van der Waals surface area (Å²) in [7, 11) is 0. The predicted octanol–water partition coefficient (Wildman–Crippen LogP) is -0.963. The van der Waals surface area contributed by atoms with Crippen LogP contribution in [0.4, 0.5) is 0 Å². The van der Waals surface area contributed by atoms with Crippen molar-refractivity contribution in [2.75, 3.05) is 0 Å². The third-order valence-electron chi connectivity index (χ3n) is 0. The van der Waals surface area contributed by atoms with Crippen LogP contribution < -0.4 is 0 Å². The van der Waals surface area contributed by atoms with Crippen LogP contribution in [-0.4, -0.2) is 30.6 Å². The molecule has 0 unspecified atom stereocenters. The molecule has 0 aliphatic rings. The Kier molecular flexibility index (Phi) is 1180. The summed E-state index contributed by atoms with van der Waals surface area (Å²) in [4.78, 5) is 0. The summed E-state index contributed by atoms with van der Waals surface area (Å²) >= 11 is 0. The van der Waals surface area contributed by atoms with Crippen LogP contribution in [0.2, 0.25) is 0 Å². The van der Waals surface area contributed by atoms with E-state index >= 15 is 0 Å². The van der Waals surface area contributed by atoms with E-state index in [1.54, 1.807) is 0 Å². The zero-order valence-electron chi connectivity index (χ0n) is 8.72. The molecule has 0 rings (SSSR count).